The summed E-state index contributed by atoms with van der Waals surface area (Å²) in [4.78, 5) is 0.523. The summed E-state index contributed by atoms with van der Waals surface area (Å²) in [6, 6.07) is 4.95. The number of anilines is 1. The van der Waals surface area contributed by atoms with Crippen molar-refractivity contribution in [2.75, 3.05) is 5.73 Å². The lowest BCUT2D eigenvalue weighted by atomic mass is 10.3. The topological polar surface area (TPSA) is 60.9 Å². The van der Waals surface area contributed by atoms with Gasteiger partial charge >= 0.3 is 0 Å². The van der Waals surface area contributed by atoms with Crippen molar-refractivity contribution in [3.05, 3.63) is 39.6 Å². The fourth-order valence-electron chi connectivity index (χ4n) is 1.91. The second-order valence-electron chi connectivity index (χ2n) is 4.33. The highest BCUT2D eigenvalue weighted by Gasteiger charge is 2.17. The number of aryl methyl sites for hydroxylation is 2. The molecule has 0 amide bonds. The summed E-state index contributed by atoms with van der Waals surface area (Å²) in [6.07, 6.45) is 0. The van der Waals surface area contributed by atoms with Crippen LogP contribution in [0.15, 0.2) is 23.1 Å². The summed E-state index contributed by atoms with van der Waals surface area (Å²) in [5.74, 6) is 0.262. The minimum absolute atomic E-state index is 0.262. The third-order valence-corrected chi connectivity index (χ3v) is 5.05. The molecular weight excluding hydrogens is 317 g/mol. The van der Waals surface area contributed by atoms with Crippen LogP contribution in [-0.2, 0) is 23.1 Å². The van der Waals surface area contributed by atoms with Gasteiger partial charge in [-0.25, -0.2) is 0 Å². The van der Waals surface area contributed by atoms with Crippen molar-refractivity contribution in [3.8, 4) is 0 Å². The zero-order chi connectivity index (χ0) is 14.9. The molecular formula is C13H15Cl2N3OS. The van der Waals surface area contributed by atoms with Crippen LogP contribution < -0.4 is 5.73 Å². The molecule has 4 nitrogen and oxygen atoms in total. The van der Waals surface area contributed by atoms with E-state index in [-0.39, 0.29) is 5.75 Å². The Balaban J connectivity index is 2.35. The number of nitrogen functional groups attached to an aromatic ring is 1. The molecule has 2 N–H and O–H groups in total. The van der Waals surface area contributed by atoms with Gasteiger partial charge < -0.3 is 5.73 Å². The van der Waals surface area contributed by atoms with E-state index in [4.69, 9.17) is 28.9 Å². The van der Waals surface area contributed by atoms with Gasteiger partial charge in [-0.2, -0.15) is 5.10 Å². The summed E-state index contributed by atoms with van der Waals surface area (Å²) in [5, 5.41) is 5.37. The molecule has 7 heteroatoms. The zero-order valence-electron chi connectivity index (χ0n) is 11.2. The van der Waals surface area contributed by atoms with Crippen LogP contribution in [0.1, 0.15) is 18.3 Å². The Bertz CT molecular complexity index is 670. The van der Waals surface area contributed by atoms with E-state index in [9.17, 15) is 4.21 Å². The largest absolute Gasteiger partial charge is 0.398 e. The lowest BCUT2D eigenvalue weighted by Crippen LogP contribution is -2.07. The van der Waals surface area contributed by atoms with Crippen LogP contribution in [-0.4, -0.2) is 14.0 Å². The van der Waals surface area contributed by atoms with Crippen molar-refractivity contribution in [1.82, 2.24) is 9.78 Å². The molecule has 1 atom stereocenters. The lowest BCUT2D eigenvalue weighted by molar-refractivity contribution is 0.627. The molecule has 2 aromatic rings. The number of hydrogen-bond donors (Lipinski definition) is 1. The number of hydrogen-bond acceptors (Lipinski definition) is 3. The molecule has 0 aliphatic heterocycles. The molecule has 0 aliphatic rings. The van der Waals surface area contributed by atoms with Gasteiger partial charge in [0.15, 0.2) is 0 Å². The first-order valence-electron chi connectivity index (χ1n) is 6.09. The van der Waals surface area contributed by atoms with Crippen LogP contribution in [0.2, 0.25) is 10.0 Å². The molecule has 0 aliphatic carbocycles. The Kier molecular flexibility index (Phi) is 4.73. The quantitative estimate of drug-likeness (QED) is 0.873. The van der Waals surface area contributed by atoms with E-state index in [1.54, 1.807) is 22.9 Å². The molecule has 0 bridgehead atoms. The highest BCUT2D eigenvalue weighted by atomic mass is 35.5. The highest BCUT2D eigenvalue weighted by molar-refractivity contribution is 7.84. The van der Waals surface area contributed by atoms with Gasteiger partial charge in [0.05, 0.1) is 37.9 Å². The number of halogens is 2. The SMILES string of the molecule is CCn1nc(C)c(Cl)c1CS(=O)c1cc(Cl)ccc1N. The Hall–Kier alpha value is -1.04. The van der Waals surface area contributed by atoms with E-state index in [0.717, 1.165) is 11.4 Å². The molecule has 1 heterocycles. The van der Waals surface area contributed by atoms with Crippen LogP contribution >= 0.6 is 23.2 Å². The molecule has 0 saturated heterocycles. The van der Waals surface area contributed by atoms with Crippen LogP contribution in [0.4, 0.5) is 5.69 Å². The minimum Gasteiger partial charge on any atom is -0.398 e. The molecule has 0 saturated carbocycles. The van der Waals surface area contributed by atoms with Gasteiger partial charge in [-0.05, 0) is 32.0 Å². The van der Waals surface area contributed by atoms with E-state index in [2.05, 4.69) is 5.10 Å². The number of aromatic nitrogens is 2. The monoisotopic (exact) mass is 331 g/mol. The first-order valence-corrected chi connectivity index (χ1v) is 8.16. The van der Waals surface area contributed by atoms with Gasteiger partial charge in [0.25, 0.3) is 0 Å². The minimum atomic E-state index is -1.32. The van der Waals surface area contributed by atoms with Crippen molar-refractivity contribution in [1.29, 1.82) is 0 Å². The molecule has 1 aromatic heterocycles. The number of nitrogens with zero attached hydrogens (tertiary/aromatic N) is 2. The molecule has 20 heavy (non-hydrogen) atoms. The van der Waals surface area contributed by atoms with Gasteiger partial charge in [0.2, 0.25) is 0 Å². The molecule has 1 unspecified atom stereocenters. The average Bonchev–Trinajstić information content (AvgIpc) is 2.69. The molecule has 1 aromatic carbocycles. The third-order valence-electron chi connectivity index (χ3n) is 2.94. The van der Waals surface area contributed by atoms with Gasteiger partial charge in [-0.1, -0.05) is 23.2 Å². The van der Waals surface area contributed by atoms with Crippen LogP contribution in [0.3, 0.4) is 0 Å². The van der Waals surface area contributed by atoms with E-state index in [1.165, 1.54) is 0 Å². The third kappa shape index (κ3) is 3.00. The van der Waals surface area contributed by atoms with Crippen molar-refractivity contribution in [2.24, 2.45) is 0 Å². The Morgan fingerprint density at radius 3 is 2.75 bits per heavy atom. The first kappa shape index (κ1) is 15.4. The summed E-state index contributed by atoms with van der Waals surface area (Å²) < 4.78 is 14.2. The molecule has 108 valence electrons. The Morgan fingerprint density at radius 1 is 1.40 bits per heavy atom. The average molecular weight is 332 g/mol. The highest BCUT2D eigenvalue weighted by Crippen LogP contribution is 2.27. The second-order valence-corrected chi connectivity index (χ2v) is 6.57. The fourth-order valence-corrected chi connectivity index (χ4v) is 3.72. The maximum atomic E-state index is 12.5. The van der Waals surface area contributed by atoms with E-state index < -0.39 is 10.8 Å². The van der Waals surface area contributed by atoms with Gasteiger partial charge in [0.1, 0.15) is 0 Å². The standard InChI is InChI=1S/C13H15Cl2N3OS/c1-3-18-11(13(15)8(2)17-18)7-20(19)12-6-9(14)4-5-10(12)16/h4-6H,3,7,16H2,1-2H3. The normalized spacial score (nSPS) is 12.6. The predicted molar refractivity (Wildman–Crippen MR) is 83.6 cm³/mol. The second kappa shape index (κ2) is 6.16. The molecule has 0 fully saturated rings. The number of benzene rings is 1. The van der Waals surface area contributed by atoms with E-state index >= 15 is 0 Å². The summed E-state index contributed by atoms with van der Waals surface area (Å²) in [7, 11) is -1.32. The van der Waals surface area contributed by atoms with E-state index in [1.807, 2.05) is 13.8 Å². The van der Waals surface area contributed by atoms with Crippen molar-refractivity contribution in [3.63, 3.8) is 0 Å². The fraction of sp³-hybridized carbons (Fsp3) is 0.308. The lowest BCUT2D eigenvalue weighted by Gasteiger charge is -2.08. The van der Waals surface area contributed by atoms with Gasteiger partial charge in [-0.3, -0.25) is 8.89 Å². The first-order chi connectivity index (χ1) is 9.43. The van der Waals surface area contributed by atoms with Gasteiger partial charge in [-0.15, -0.1) is 0 Å². The Labute approximate surface area is 130 Å². The number of rotatable bonds is 4. The summed E-state index contributed by atoms with van der Waals surface area (Å²) in [5.41, 5.74) is 7.80. The predicted octanol–water partition coefficient (Wildman–Crippen LogP) is 3.41. The molecule has 0 radical (unpaired) electrons. The van der Waals surface area contributed by atoms with Crippen molar-refractivity contribution in [2.45, 2.75) is 31.0 Å². The molecule has 0 spiro atoms. The maximum absolute atomic E-state index is 12.5. The zero-order valence-corrected chi connectivity index (χ0v) is 13.5. The summed E-state index contributed by atoms with van der Waals surface area (Å²) >= 11 is 12.1. The molecule has 2 rings (SSSR count). The van der Waals surface area contributed by atoms with Crippen molar-refractivity contribution < 1.29 is 4.21 Å². The van der Waals surface area contributed by atoms with Crippen LogP contribution in [0.5, 0.6) is 0 Å². The maximum Gasteiger partial charge on any atom is 0.0856 e. The van der Waals surface area contributed by atoms with E-state index in [0.29, 0.717) is 27.2 Å². The smallest absolute Gasteiger partial charge is 0.0856 e. The summed E-state index contributed by atoms with van der Waals surface area (Å²) in [6.45, 7) is 4.46. The Morgan fingerprint density at radius 2 is 2.10 bits per heavy atom. The van der Waals surface area contributed by atoms with Crippen LogP contribution in [0.25, 0.3) is 0 Å². The van der Waals surface area contributed by atoms with Gasteiger partial charge in [0, 0.05) is 17.3 Å². The van der Waals surface area contributed by atoms with Crippen molar-refractivity contribution >= 4 is 39.7 Å². The van der Waals surface area contributed by atoms with Crippen LogP contribution in [0, 0.1) is 6.92 Å². The number of nitrogens with two attached hydrogens (primary N) is 1.